The molecule has 0 radical (unpaired) electrons. The minimum Gasteiger partial charge on any atom is -0.362 e. The smallest absolute Gasteiger partial charge is 0.251 e. The Morgan fingerprint density at radius 3 is 2.75 bits per heavy atom. The SMILES string of the molecule is CC(C)NC(=O)c1cccc2c1CCCN2CC(=O)Nc1ccc(F)c(Cl)c1. The number of nitrogens with one attached hydrogen (secondary N) is 2. The van der Waals surface area contributed by atoms with E-state index < -0.39 is 5.82 Å². The van der Waals surface area contributed by atoms with Crippen LogP contribution in [-0.2, 0) is 11.2 Å². The van der Waals surface area contributed by atoms with Crippen LogP contribution in [0.2, 0.25) is 5.02 Å². The Kier molecular flexibility index (Phi) is 6.19. The standard InChI is InChI=1S/C21H23ClFN3O2/c1-13(2)24-21(28)16-5-3-7-19-15(16)6-4-10-26(19)12-20(27)25-14-8-9-18(23)17(22)11-14/h3,5,7-9,11,13H,4,6,10,12H2,1-2H3,(H,24,28)(H,25,27). The molecule has 2 aromatic carbocycles. The molecule has 0 bridgehead atoms. The van der Waals surface area contributed by atoms with Gasteiger partial charge >= 0.3 is 0 Å². The summed E-state index contributed by atoms with van der Waals surface area (Å²) in [5.74, 6) is -0.858. The lowest BCUT2D eigenvalue weighted by Gasteiger charge is -2.32. The number of amides is 2. The topological polar surface area (TPSA) is 61.4 Å². The molecular formula is C21H23ClFN3O2. The Labute approximate surface area is 168 Å². The lowest BCUT2D eigenvalue weighted by molar-refractivity contribution is -0.115. The number of hydrogen-bond acceptors (Lipinski definition) is 3. The van der Waals surface area contributed by atoms with E-state index in [9.17, 15) is 14.0 Å². The number of carbonyl (C=O) groups is 2. The molecule has 0 unspecified atom stereocenters. The van der Waals surface area contributed by atoms with Crippen LogP contribution in [0.5, 0.6) is 0 Å². The molecule has 1 aliphatic rings. The zero-order chi connectivity index (χ0) is 20.3. The Hall–Kier alpha value is -2.60. The molecule has 1 heterocycles. The molecule has 0 aliphatic carbocycles. The molecule has 2 amide bonds. The van der Waals surface area contributed by atoms with Crippen LogP contribution >= 0.6 is 11.6 Å². The van der Waals surface area contributed by atoms with E-state index in [2.05, 4.69) is 10.6 Å². The van der Waals surface area contributed by atoms with Crippen molar-refractivity contribution in [3.63, 3.8) is 0 Å². The molecule has 0 fully saturated rings. The zero-order valence-electron chi connectivity index (χ0n) is 15.9. The van der Waals surface area contributed by atoms with Gasteiger partial charge in [-0.3, -0.25) is 9.59 Å². The van der Waals surface area contributed by atoms with Gasteiger partial charge in [-0.1, -0.05) is 17.7 Å². The summed E-state index contributed by atoms with van der Waals surface area (Å²) in [5.41, 5.74) is 2.96. The summed E-state index contributed by atoms with van der Waals surface area (Å²) in [6.07, 6.45) is 1.65. The Bertz CT molecular complexity index is 901. The first-order valence-electron chi connectivity index (χ1n) is 9.27. The van der Waals surface area contributed by atoms with Crippen LogP contribution in [0.1, 0.15) is 36.2 Å². The highest BCUT2D eigenvalue weighted by Gasteiger charge is 2.24. The lowest BCUT2D eigenvalue weighted by atomic mass is 9.95. The average molecular weight is 404 g/mol. The maximum Gasteiger partial charge on any atom is 0.251 e. The number of halogens is 2. The molecule has 2 N–H and O–H groups in total. The van der Waals surface area contributed by atoms with E-state index in [0.717, 1.165) is 30.6 Å². The maximum absolute atomic E-state index is 13.3. The second kappa shape index (κ2) is 8.61. The average Bonchev–Trinajstić information content (AvgIpc) is 2.64. The molecule has 2 aromatic rings. The molecule has 0 saturated heterocycles. The normalized spacial score (nSPS) is 13.2. The van der Waals surface area contributed by atoms with Gasteiger partial charge in [0.25, 0.3) is 5.91 Å². The molecule has 7 heteroatoms. The first-order chi connectivity index (χ1) is 13.3. The van der Waals surface area contributed by atoms with Crippen molar-refractivity contribution in [2.45, 2.75) is 32.7 Å². The van der Waals surface area contributed by atoms with Gasteiger partial charge in [-0.05, 0) is 62.6 Å². The van der Waals surface area contributed by atoms with Crippen LogP contribution in [-0.4, -0.2) is 30.9 Å². The van der Waals surface area contributed by atoms with Crippen molar-refractivity contribution in [2.75, 3.05) is 23.3 Å². The van der Waals surface area contributed by atoms with E-state index in [1.54, 1.807) is 0 Å². The fourth-order valence-corrected chi connectivity index (χ4v) is 3.55. The molecule has 0 spiro atoms. The number of benzene rings is 2. The number of nitrogens with zero attached hydrogens (tertiary/aromatic N) is 1. The summed E-state index contributed by atoms with van der Waals surface area (Å²) in [6, 6.07) is 9.71. The second-order valence-corrected chi connectivity index (χ2v) is 7.54. The second-order valence-electron chi connectivity index (χ2n) is 7.13. The third kappa shape index (κ3) is 4.62. The highest BCUT2D eigenvalue weighted by Crippen LogP contribution is 2.30. The fraction of sp³-hybridized carbons (Fsp3) is 0.333. The predicted molar refractivity (Wildman–Crippen MR) is 110 cm³/mol. The quantitative estimate of drug-likeness (QED) is 0.793. The highest BCUT2D eigenvalue weighted by molar-refractivity contribution is 6.31. The van der Waals surface area contributed by atoms with Gasteiger partial charge in [0, 0.05) is 29.5 Å². The molecule has 5 nitrogen and oxygen atoms in total. The van der Waals surface area contributed by atoms with Crippen LogP contribution in [0.15, 0.2) is 36.4 Å². The Balaban J connectivity index is 1.75. The van der Waals surface area contributed by atoms with Crippen molar-refractivity contribution in [3.05, 3.63) is 58.4 Å². The van der Waals surface area contributed by atoms with Crippen LogP contribution in [0, 0.1) is 5.82 Å². The fourth-order valence-electron chi connectivity index (χ4n) is 3.37. The van der Waals surface area contributed by atoms with E-state index in [-0.39, 0.29) is 29.4 Å². The van der Waals surface area contributed by atoms with Crippen molar-refractivity contribution in [2.24, 2.45) is 0 Å². The van der Waals surface area contributed by atoms with Crippen molar-refractivity contribution < 1.29 is 14.0 Å². The molecule has 28 heavy (non-hydrogen) atoms. The van der Waals surface area contributed by atoms with Gasteiger partial charge in [0.2, 0.25) is 5.91 Å². The number of carbonyl (C=O) groups excluding carboxylic acids is 2. The Morgan fingerprint density at radius 2 is 2.04 bits per heavy atom. The molecule has 0 saturated carbocycles. The number of rotatable bonds is 5. The molecular weight excluding hydrogens is 381 g/mol. The van der Waals surface area contributed by atoms with Gasteiger partial charge in [0.15, 0.2) is 0 Å². The van der Waals surface area contributed by atoms with E-state index in [4.69, 9.17) is 11.6 Å². The van der Waals surface area contributed by atoms with Gasteiger partial charge in [-0.15, -0.1) is 0 Å². The van der Waals surface area contributed by atoms with Gasteiger partial charge < -0.3 is 15.5 Å². The lowest BCUT2D eigenvalue weighted by Crippen LogP contribution is -2.38. The van der Waals surface area contributed by atoms with E-state index >= 15 is 0 Å². The highest BCUT2D eigenvalue weighted by atomic mass is 35.5. The summed E-state index contributed by atoms with van der Waals surface area (Å²) < 4.78 is 13.3. The summed E-state index contributed by atoms with van der Waals surface area (Å²) >= 11 is 5.76. The minimum absolute atomic E-state index is 0.0399. The third-order valence-corrected chi connectivity index (χ3v) is 4.84. The largest absolute Gasteiger partial charge is 0.362 e. The number of hydrogen-bond donors (Lipinski definition) is 2. The minimum atomic E-state index is -0.531. The van der Waals surface area contributed by atoms with Crippen LogP contribution in [0.25, 0.3) is 0 Å². The maximum atomic E-state index is 13.3. The van der Waals surface area contributed by atoms with Gasteiger partial charge in [0.05, 0.1) is 11.6 Å². The molecule has 3 rings (SSSR count). The summed E-state index contributed by atoms with van der Waals surface area (Å²) in [6.45, 7) is 4.70. The summed E-state index contributed by atoms with van der Waals surface area (Å²) in [5, 5.41) is 5.63. The summed E-state index contributed by atoms with van der Waals surface area (Å²) in [4.78, 5) is 27.0. The first kappa shape index (κ1) is 20.1. The van der Waals surface area contributed by atoms with Crippen molar-refractivity contribution >= 4 is 34.8 Å². The van der Waals surface area contributed by atoms with Crippen LogP contribution < -0.4 is 15.5 Å². The van der Waals surface area contributed by atoms with Gasteiger partial charge in [-0.2, -0.15) is 0 Å². The van der Waals surface area contributed by atoms with Crippen LogP contribution in [0.3, 0.4) is 0 Å². The van der Waals surface area contributed by atoms with E-state index in [1.807, 2.05) is 36.9 Å². The predicted octanol–water partition coefficient (Wildman–Crippen LogP) is 4.01. The van der Waals surface area contributed by atoms with E-state index in [1.165, 1.54) is 18.2 Å². The number of fused-ring (bicyclic) bond motifs is 1. The molecule has 0 atom stereocenters. The van der Waals surface area contributed by atoms with Crippen LogP contribution in [0.4, 0.5) is 15.8 Å². The third-order valence-electron chi connectivity index (χ3n) is 4.55. The molecule has 1 aliphatic heterocycles. The zero-order valence-corrected chi connectivity index (χ0v) is 16.6. The van der Waals surface area contributed by atoms with Gasteiger partial charge in [-0.25, -0.2) is 4.39 Å². The van der Waals surface area contributed by atoms with Gasteiger partial charge in [0.1, 0.15) is 5.82 Å². The van der Waals surface area contributed by atoms with Crippen molar-refractivity contribution in [3.8, 4) is 0 Å². The molecule has 0 aromatic heterocycles. The summed E-state index contributed by atoms with van der Waals surface area (Å²) in [7, 11) is 0. The van der Waals surface area contributed by atoms with Crippen molar-refractivity contribution in [1.82, 2.24) is 5.32 Å². The van der Waals surface area contributed by atoms with E-state index in [0.29, 0.717) is 11.3 Å². The monoisotopic (exact) mass is 403 g/mol. The Morgan fingerprint density at radius 1 is 1.25 bits per heavy atom. The van der Waals surface area contributed by atoms with Crippen molar-refractivity contribution in [1.29, 1.82) is 0 Å². The molecule has 148 valence electrons. The number of anilines is 2. The first-order valence-corrected chi connectivity index (χ1v) is 9.65.